The summed E-state index contributed by atoms with van der Waals surface area (Å²) in [7, 11) is 0. The van der Waals surface area contributed by atoms with Crippen LogP contribution < -0.4 is 15.6 Å². The van der Waals surface area contributed by atoms with Gasteiger partial charge in [0.2, 0.25) is 0 Å². The number of nitrogens with one attached hydrogen (secondary N) is 1. The molecule has 0 saturated carbocycles. The van der Waals surface area contributed by atoms with Crippen molar-refractivity contribution >= 4 is 28.8 Å². The van der Waals surface area contributed by atoms with Crippen LogP contribution >= 0.6 is 0 Å². The minimum atomic E-state index is -0.712. The zero-order chi connectivity index (χ0) is 27.2. The van der Waals surface area contributed by atoms with E-state index in [1.807, 2.05) is 25.1 Å². The molecule has 9 heteroatoms. The van der Waals surface area contributed by atoms with Gasteiger partial charge in [-0.05, 0) is 71.4 Å². The third-order valence-electron chi connectivity index (χ3n) is 5.43. The molecule has 9 nitrogen and oxygen atoms in total. The summed E-state index contributed by atoms with van der Waals surface area (Å²) in [6.07, 6.45) is 1.10. The maximum Gasteiger partial charge on any atom is 0.412 e. The number of aromatic nitrogens is 2. The van der Waals surface area contributed by atoms with Crippen LogP contribution in [0.15, 0.2) is 47.4 Å². The highest BCUT2D eigenvalue weighted by Gasteiger charge is 2.23. The van der Waals surface area contributed by atoms with Crippen LogP contribution in [0.1, 0.15) is 48.0 Å². The molecule has 0 radical (unpaired) electrons. The first-order valence-electron chi connectivity index (χ1n) is 12.4. The van der Waals surface area contributed by atoms with E-state index in [1.165, 1.54) is 4.57 Å². The van der Waals surface area contributed by atoms with E-state index >= 15 is 0 Å². The number of esters is 1. The summed E-state index contributed by atoms with van der Waals surface area (Å²) < 4.78 is 17.9. The molecule has 2 heterocycles. The monoisotopic (exact) mass is 509 g/mol. The Morgan fingerprint density at radius 1 is 1.11 bits per heavy atom. The molecule has 1 N–H and O–H groups in total. The summed E-state index contributed by atoms with van der Waals surface area (Å²) in [6, 6.07) is 10.9. The van der Waals surface area contributed by atoms with E-state index in [0.29, 0.717) is 47.5 Å². The SMILES string of the molecule is CCn1c(=O)c(NC(=O)OC(C)C)c(-c2cccc(OCCCOC(=O)C(C)(C)C)c2)c2cccnc21. The number of fused-ring (bicyclic) bond motifs is 1. The van der Waals surface area contributed by atoms with Crippen molar-refractivity contribution in [1.29, 1.82) is 0 Å². The standard InChI is InChI=1S/C28H35N3O6/c1-7-31-24-21(13-9-14-29-24)22(23(25(31)32)30-27(34)37-18(2)3)19-11-8-12-20(17-19)35-15-10-16-36-26(33)28(4,5)6/h8-9,11-14,17-18H,7,10,15-16H2,1-6H3,(H,30,34). The molecule has 0 fully saturated rings. The molecule has 37 heavy (non-hydrogen) atoms. The fraction of sp³-hybridized carbons (Fsp3) is 0.429. The Morgan fingerprint density at radius 2 is 1.86 bits per heavy atom. The number of benzene rings is 1. The van der Waals surface area contributed by atoms with E-state index in [2.05, 4.69) is 10.3 Å². The molecule has 0 saturated heterocycles. The van der Waals surface area contributed by atoms with Gasteiger partial charge in [0.1, 0.15) is 17.1 Å². The van der Waals surface area contributed by atoms with E-state index in [-0.39, 0.29) is 29.9 Å². The third-order valence-corrected chi connectivity index (χ3v) is 5.43. The van der Waals surface area contributed by atoms with Gasteiger partial charge in [0, 0.05) is 30.1 Å². The van der Waals surface area contributed by atoms with Gasteiger partial charge in [0.05, 0.1) is 24.7 Å². The van der Waals surface area contributed by atoms with Gasteiger partial charge in [-0.1, -0.05) is 12.1 Å². The van der Waals surface area contributed by atoms with Gasteiger partial charge in [0.15, 0.2) is 0 Å². The van der Waals surface area contributed by atoms with Crippen LogP contribution in [0.2, 0.25) is 0 Å². The van der Waals surface area contributed by atoms with Crippen LogP contribution in [-0.2, 0) is 20.8 Å². The summed E-state index contributed by atoms with van der Waals surface area (Å²) in [5.41, 5.74) is 0.903. The van der Waals surface area contributed by atoms with Gasteiger partial charge in [-0.2, -0.15) is 0 Å². The summed E-state index contributed by atoms with van der Waals surface area (Å²) in [4.78, 5) is 42.3. The van der Waals surface area contributed by atoms with Gasteiger partial charge in [-0.3, -0.25) is 19.5 Å². The molecule has 3 aromatic rings. The summed E-state index contributed by atoms with van der Waals surface area (Å²) in [6.45, 7) is 11.7. The Kier molecular flexibility index (Phi) is 8.91. The fourth-order valence-corrected chi connectivity index (χ4v) is 3.71. The Bertz CT molecular complexity index is 1320. The molecule has 1 aromatic carbocycles. The first-order valence-corrected chi connectivity index (χ1v) is 12.4. The normalized spacial score (nSPS) is 11.4. The van der Waals surface area contributed by atoms with E-state index in [4.69, 9.17) is 14.2 Å². The minimum absolute atomic E-state index is 0.110. The number of hydrogen-bond acceptors (Lipinski definition) is 7. The summed E-state index contributed by atoms with van der Waals surface area (Å²) in [5, 5.41) is 3.37. The quantitative estimate of drug-likeness (QED) is 0.304. The smallest absolute Gasteiger partial charge is 0.412 e. The van der Waals surface area contributed by atoms with Gasteiger partial charge in [0.25, 0.3) is 5.56 Å². The highest BCUT2D eigenvalue weighted by atomic mass is 16.6. The number of hydrogen-bond donors (Lipinski definition) is 1. The lowest BCUT2D eigenvalue weighted by Gasteiger charge is -2.18. The lowest BCUT2D eigenvalue weighted by molar-refractivity contribution is -0.153. The maximum absolute atomic E-state index is 13.5. The molecule has 0 aliphatic heterocycles. The number of nitrogens with zero attached hydrogens (tertiary/aromatic N) is 2. The second-order valence-corrected chi connectivity index (χ2v) is 9.87. The first-order chi connectivity index (χ1) is 17.5. The van der Waals surface area contributed by atoms with Crippen molar-refractivity contribution in [2.24, 2.45) is 5.41 Å². The maximum atomic E-state index is 13.5. The first kappa shape index (κ1) is 27.7. The number of aryl methyl sites for hydroxylation is 1. The van der Waals surface area contributed by atoms with E-state index in [9.17, 15) is 14.4 Å². The molecule has 0 aliphatic rings. The van der Waals surface area contributed by atoms with Crippen molar-refractivity contribution < 1.29 is 23.8 Å². The van der Waals surface area contributed by atoms with Crippen molar-refractivity contribution in [2.75, 3.05) is 18.5 Å². The number of amides is 1. The third kappa shape index (κ3) is 6.87. The summed E-state index contributed by atoms with van der Waals surface area (Å²) in [5.74, 6) is 0.319. The molecular formula is C28H35N3O6. The van der Waals surface area contributed by atoms with E-state index in [1.54, 1.807) is 59.0 Å². The van der Waals surface area contributed by atoms with Crippen LogP contribution in [0.3, 0.4) is 0 Å². The van der Waals surface area contributed by atoms with Crippen LogP contribution in [0.5, 0.6) is 5.75 Å². The van der Waals surface area contributed by atoms with Crippen molar-refractivity contribution in [1.82, 2.24) is 9.55 Å². The molecule has 0 spiro atoms. The van der Waals surface area contributed by atoms with Crippen LogP contribution in [0, 0.1) is 5.41 Å². The van der Waals surface area contributed by atoms with E-state index < -0.39 is 11.5 Å². The Labute approximate surface area is 216 Å². The number of anilines is 1. The fourth-order valence-electron chi connectivity index (χ4n) is 3.71. The molecule has 2 aromatic heterocycles. The number of rotatable bonds is 9. The zero-order valence-corrected chi connectivity index (χ0v) is 22.3. The highest BCUT2D eigenvalue weighted by Crippen LogP contribution is 2.34. The van der Waals surface area contributed by atoms with Crippen molar-refractivity contribution in [3.63, 3.8) is 0 Å². The molecule has 0 bridgehead atoms. The van der Waals surface area contributed by atoms with Gasteiger partial charge in [-0.15, -0.1) is 0 Å². The molecule has 0 aliphatic carbocycles. The lowest BCUT2D eigenvalue weighted by atomic mass is 9.97. The predicted octanol–water partition coefficient (Wildman–Crippen LogP) is 5.40. The number of pyridine rings is 2. The second-order valence-electron chi connectivity index (χ2n) is 9.87. The molecule has 1 amide bonds. The number of ether oxygens (including phenoxy) is 3. The van der Waals surface area contributed by atoms with Crippen molar-refractivity contribution in [3.8, 4) is 16.9 Å². The topological polar surface area (TPSA) is 109 Å². The Hall–Kier alpha value is -3.88. The predicted molar refractivity (Wildman–Crippen MR) is 143 cm³/mol. The molecule has 198 valence electrons. The molecular weight excluding hydrogens is 474 g/mol. The average Bonchev–Trinajstić information content (AvgIpc) is 2.83. The van der Waals surface area contributed by atoms with Gasteiger partial charge in [-0.25, -0.2) is 9.78 Å². The van der Waals surface area contributed by atoms with Gasteiger partial charge < -0.3 is 14.2 Å². The largest absolute Gasteiger partial charge is 0.493 e. The Morgan fingerprint density at radius 3 is 2.54 bits per heavy atom. The van der Waals surface area contributed by atoms with Crippen LogP contribution in [-0.4, -0.2) is 40.9 Å². The average molecular weight is 510 g/mol. The number of carbonyl (C=O) groups is 2. The Balaban J connectivity index is 1.93. The highest BCUT2D eigenvalue weighted by molar-refractivity contribution is 6.03. The van der Waals surface area contributed by atoms with Crippen molar-refractivity contribution in [3.05, 3.63) is 52.9 Å². The van der Waals surface area contributed by atoms with Gasteiger partial charge >= 0.3 is 12.1 Å². The minimum Gasteiger partial charge on any atom is -0.493 e. The zero-order valence-electron chi connectivity index (χ0n) is 22.3. The van der Waals surface area contributed by atoms with E-state index in [0.717, 1.165) is 0 Å². The molecule has 0 atom stereocenters. The molecule has 0 unspecified atom stereocenters. The summed E-state index contributed by atoms with van der Waals surface area (Å²) >= 11 is 0. The van der Waals surface area contributed by atoms with Crippen LogP contribution in [0.4, 0.5) is 10.5 Å². The molecule has 3 rings (SSSR count). The van der Waals surface area contributed by atoms with Crippen molar-refractivity contribution in [2.45, 2.75) is 60.6 Å². The van der Waals surface area contributed by atoms with Crippen LogP contribution in [0.25, 0.3) is 22.2 Å². The number of carbonyl (C=O) groups excluding carboxylic acids is 2. The lowest BCUT2D eigenvalue weighted by Crippen LogP contribution is -2.28. The second kappa shape index (κ2) is 11.9.